The highest BCUT2D eigenvalue weighted by Gasteiger charge is 2.50. The molecule has 0 fully saturated rings. The lowest BCUT2D eigenvalue weighted by Crippen LogP contribution is -2.38. The monoisotopic (exact) mass is 486 g/mol. The molecule has 0 aliphatic rings. The number of hydrogen-bond acceptors (Lipinski definition) is 1. The smallest absolute Gasteiger partial charge is 0.303 e. The van der Waals surface area contributed by atoms with Crippen LogP contribution < -0.4 is 0 Å². The van der Waals surface area contributed by atoms with E-state index in [1.54, 1.807) is 60.7 Å². The van der Waals surface area contributed by atoms with Gasteiger partial charge in [0, 0.05) is 11.1 Å². The molecular formula is C28H20F6O. The van der Waals surface area contributed by atoms with Gasteiger partial charge in [-0.15, -0.1) is 0 Å². The standard InChI is InChI=1S/C28H20F6O/c29-25(27(31,32)23-15-11-21(12-16-23)19-7-3-1-4-8-19)35-26(30)28(33,34)24-17-13-22(14-18-24)20-9-5-2-6-10-20/h1-18,25-26H/t25-,26-/m0/s1. The summed E-state index contributed by atoms with van der Waals surface area (Å²) in [4.78, 5) is 0. The van der Waals surface area contributed by atoms with Crippen LogP contribution in [0.5, 0.6) is 0 Å². The van der Waals surface area contributed by atoms with Gasteiger partial charge in [-0.3, -0.25) is 0 Å². The Morgan fingerprint density at radius 2 is 0.714 bits per heavy atom. The molecule has 4 aromatic rings. The molecule has 35 heavy (non-hydrogen) atoms. The van der Waals surface area contributed by atoms with Gasteiger partial charge in [-0.1, -0.05) is 109 Å². The fourth-order valence-electron chi connectivity index (χ4n) is 3.57. The van der Waals surface area contributed by atoms with Crippen LogP contribution in [0.2, 0.25) is 0 Å². The average molecular weight is 486 g/mol. The van der Waals surface area contributed by atoms with Crippen molar-refractivity contribution >= 4 is 0 Å². The molecule has 7 heteroatoms. The van der Waals surface area contributed by atoms with E-state index in [2.05, 4.69) is 4.74 Å². The first-order chi connectivity index (χ1) is 16.7. The van der Waals surface area contributed by atoms with Crippen LogP contribution in [0.3, 0.4) is 0 Å². The molecule has 180 valence electrons. The molecule has 0 spiro atoms. The summed E-state index contributed by atoms with van der Waals surface area (Å²) in [5.41, 5.74) is 1.03. The number of benzene rings is 4. The molecular weight excluding hydrogens is 466 g/mol. The van der Waals surface area contributed by atoms with E-state index in [1.807, 2.05) is 0 Å². The average Bonchev–Trinajstić information content (AvgIpc) is 2.89. The number of ether oxygens (including phenoxy) is 1. The van der Waals surface area contributed by atoms with E-state index in [0.717, 1.165) is 35.4 Å². The summed E-state index contributed by atoms with van der Waals surface area (Å²) in [5, 5.41) is 0. The predicted octanol–water partition coefficient (Wildman–Crippen LogP) is 8.51. The highest BCUT2D eigenvalue weighted by atomic mass is 19.3. The van der Waals surface area contributed by atoms with E-state index in [9.17, 15) is 26.3 Å². The van der Waals surface area contributed by atoms with E-state index < -0.39 is 35.7 Å². The highest BCUT2D eigenvalue weighted by molar-refractivity contribution is 5.64. The first kappa shape index (κ1) is 24.5. The molecule has 0 aliphatic heterocycles. The van der Waals surface area contributed by atoms with Crippen molar-refractivity contribution in [1.82, 2.24) is 0 Å². The Hall–Kier alpha value is -3.58. The molecule has 4 aromatic carbocycles. The first-order valence-corrected chi connectivity index (χ1v) is 10.7. The Labute approximate surface area is 198 Å². The van der Waals surface area contributed by atoms with E-state index in [1.165, 1.54) is 24.3 Å². The van der Waals surface area contributed by atoms with Gasteiger partial charge >= 0.3 is 11.8 Å². The second-order valence-electron chi connectivity index (χ2n) is 7.90. The fourth-order valence-corrected chi connectivity index (χ4v) is 3.57. The Morgan fingerprint density at radius 1 is 0.429 bits per heavy atom. The van der Waals surface area contributed by atoms with E-state index in [0.29, 0.717) is 11.1 Å². The van der Waals surface area contributed by atoms with Gasteiger partial charge in [-0.2, -0.15) is 17.6 Å². The second kappa shape index (κ2) is 9.96. The molecule has 0 bridgehead atoms. The van der Waals surface area contributed by atoms with Crippen LogP contribution in [0.4, 0.5) is 26.3 Å². The van der Waals surface area contributed by atoms with Crippen LogP contribution in [-0.2, 0) is 16.6 Å². The zero-order valence-corrected chi connectivity index (χ0v) is 18.2. The third-order valence-corrected chi connectivity index (χ3v) is 5.56. The van der Waals surface area contributed by atoms with Gasteiger partial charge in [0.05, 0.1) is 0 Å². The van der Waals surface area contributed by atoms with Crippen molar-refractivity contribution in [2.45, 2.75) is 24.6 Å². The van der Waals surface area contributed by atoms with Crippen LogP contribution in [0, 0.1) is 0 Å². The molecule has 0 aromatic heterocycles. The fraction of sp³-hybridized carbons (Fsp3) is 0.143. The van der Waals surface area contributed by atoms with Crippen molar-refractivity contribution in [2.75, 3.05) is 0 Å². The molecule has 0 amide bonds. The summed E-state index contributed by atoms with van der Waals surface area (Å²) in [6.07, 6.45) is -7.26. The zero-order valence-electron chi connectivity index (χ0n) is 18.2. The molecule has 0 heterocycles. The van der Waals surface area contributed by atoms with Gasteiger partial charge in [-0.25, -0.2) is 8.78 Å². The summed E-state index contributed by atoms with van der Waals surface area (Å²) in [6.45, 7) is 0. The van der Waals surface area contributed by atoms with Crippen LogP contribution in [0.1, 0.15) is 11.1 Å². The molecule has 1 nitrogen and oxygen atoms in total. The third-order valence-electron chi connectivity index (χ3n) is 5.56. The van der Waals surface area contributed by atoms with Gasteiger partial charge in [0.25, 0.3) is 12.7 Å². The molecule has 0 aliphatic carbocycles. The second-order valence-corrected chi connectivity index (χ2v) is 7.90. The number of hydrogen-bond donors (Lipinski definition) is 0. The molecule has 4 rings (SSSR count). The number of halogens is 6. The summed E-state index contributed by atoms with van der Waals surface area (Å²) < 4.78 is 90.8. The lowest BCUT2D eigenvalue weighted by molar-refractivity contribution is -0.295. The predicted molar refractivity (Wildman–Crippen MR) is 122 cm³/mol. The normalized spacial score (nSPS) is 13.9. The van der Waals surface area contributed by atoms with Crippen molar-refractivity contribution in [3.8, 4) is 22.3 Å². The van der Waals surface area contributed by atoms with Gasteiger partial charge < -0.3 is 4.74 Å². The quantitative estimate of drug-likeness (QED) is 0.227. The van der Waals surface area contributed by atoms with E-state index in [4.69, 9.17) is 0 Å². The van der Waals surface area contributed by atoms with Crippen molar-refractivity contribution in [2.24, 2.45) is 0 Å². The number of alkyl halides is 6. The highest BCUT2D eigenvalue weighted by Crippen LogP contribution is 2.41. The van der Waals surface area contributed by atoms with Crippen LogP contribution >= 0.6 is 0 Å². The Kier molecular flexibility index (Phi) is 6.98. The number of rotatable bonds is 8. The lowest BCUT2D eigenvalue weighted by atomic mass is 10.0. The minimum atomic E-state index is -4.35. The molecule has 0 saturated heterocycles. The first-order valence-electron chi connectivity index (χ1n) is 10.7. The lowest BCUT2D eigenvalue weighted by Gasteiger charge is -2.26. The van der Waals surface area contributed by atoms with E-state index >= 15 is 0 Å². The van der Waals surface area contributed by atoms with Gasteiger partial charge in [0.2, 0.25) is 0 Å². The largest absolute Gasteiger partial charge is 0.327 e. The van der Waals surface area contributed by atoms with Crippen LogP contribution in [-0.4, -0.2) is 12.7 Å². The van der Waals surface area contributed by atoms with Gasteiger partial charge in [-0.05, 0) is 22.3 Å². The molecule has 0 N–H and O–H groups in total. The zero-order chi connectivity index (χ0) is 25.1. The van der Waals surface area contributed by atoms with Crippen LogP contribution in [0.25, 0.3) is 22.3 Å². The topological polar surface area (TPSA) is 9.23 Å². The maximum absolute atomic E-state index is 14.6. The summed E-state index contributed by atoms with van der Waals surface area (Å²) in [5.74, 6) is -8.71. The van der Waals surface area contributed by atoms with Gasteiger partial charge in [0.1, 0.15) is 0 Å². The third kappa shape index (κ3) is 5.25. The van der Waals surface area contributed by atoms with Gasteiger partial charge in [0.15, 0.2) is 0 Å². The Balaban J connectivity index is 1.46. The Bertz CT molecular complexity index is 1130. The summed E-state index contributed by atoms with van der Waals surface area (Å²) in [6, 6.07) is 26.8. The van der Waals surface area contributed by atoms with Crippen LogP contribution in [0.15, 0.2) is 109 Å². The minimum Gasteiger partial charge on any atom is -0.303 e. The maximum atomic E-state index is 14.6. The van der Waals surface area contributed by atoms with Crippen molar-refractivity contribution in [1.29, 1.82) is 0 Å². The summed E-state index contributed by atoms with van der Waals surface area (Å²) in [7, 11) is 0. The molecule has 2 atom stereocenters. The van der Waals surface area contributed by atoms with Crippen molar-refractivity contribution in [3.63, 3.8) is 0 Å². The van der Waals surface area contributed by atoms with Crippen molar-refractivity contribution in [3.05, 3.63) is 120 Å². The van der Waals surface area contributed by atoms with E-state index in [-0.39, 0.29) is 0 Å². The minimum absolute atomic E-state index is 0.593. The summed E-state index contributed by atoms with van der Waals surface area (Å²) >= 11 is 0. The molecule has 0 radical (unpaired) electrons. The molecule has 0 unspecified atom stereocenters. The maximum Gasteiger partial charge on any atom is 0.327 e. The van der Waals surface area contributed by atoms with Crippen molar-refractivity contribution < 1.29 is 31.1 Å². The molecule has 0 saturated carbocycles. The Morgan fingerprint density at radius 3 is 1.03 bits per heavy atom. The SMILES string of the molecule is F[C@@H](O[C@H](F)C(F)(F)c1ccc(-c2ccccc2)cc1)C(F)(F)c1ccc(-c2ccccc2)cc1.